The number of ether oxygens (including phenoxy) is 1. The highest BCUT2D eigenvalue weighted by Crippen LogP contribution is 2.44. The quantitative estimate of drug-likeness (QED) is 0.836. The molecule has 0 bridgehead atoms. The Morgan fingerprint density at radius 3 is 2.65 bits per heavy atom. The van der Waals surface area contributed by atoms with E-state index in [4.69, 9.17) is 4.74 Å². The molecular weight excluding hydrogens is 210 g/mol. The molecule has 1 heterocycles. The molecule has 0 radical (unpaired) electrons. The Balaban J connectivity index is 2.32. The van der Waals surface area contributed by atoms with Crippen LogP contribution in [0.25, 0.3) is 0 Å². The first-order chi connectivity index (χ1) is 7.93. The summed E-state index contributed by atoms with van der Waals surface area (Å²) in [6.07, 6.45) is 0. The number of hydrogen-bond acceptors (Lipinski definition) is 2. The average Bonchev–Trinajstić information content (AvgIpc) is 2.69. The summed E-state index contributed by atoms with van der Waals surface area (Å²) in [4.78, 5) is 0. The third-order valence-corrected chi connectivity index (χ3v) is 4.14. The second kappa shape index (κ2) is 4.25. The summed E-state index contributed by atoms with van der Waals surface area (Å²) < 4.78 is 5.33. The van der Waals surface area contributed by atoms with E-state index in [0.29, 0.717) is 17.3 Å². The van der Waals surface area contributed by atoms with Gasteiger partial charge in [0.25, 0.3) is 0 Å². The fraction of sp³-hybridized carbons (Fsp3) is 0.600. The molecule has 2 unspecified atom stereocenters. The van der Waals surface area contributed by atoms with E-state index in [0.717, 1.165) is 12.3 Å². The van der Waals surface area contributed by atoms with Crippen LogP contribution in [-0.2, 0) is 0 Å². The molecule has 94 valence electrons. The molecule has 17 heavy (non-hydrogen) atoms. The molecule has 0 saturated heterocycles. The maximum Gasteiger partial charge on any atom is 0.119 e. The van der Waals surface area contributed by atoms with Crippen molar-refractivity contribution in [1.29, 1.82) is 0 Å². The minimum atomic E-state index is 0.330. The van der Waals surface area contributed by atoms with E-state index in [9.17, 15) is 0 Å². The fourth-order valence-corrected chi connectivity index (χ4v) is 2.52. The summed E-state index contributed by atoms with van der Waals surface area (Å²) in [7, 11) is 1.73. The predicted molar refractivity (Wildman–Crippen MR) is 72.8 cm³/mol. The highest BCUT2D eigenvalue weighted by Gasteiger charge is 2.33. The van der Waals surface area contributed by atoms with Crippen LogP contribution in [0.2, 0.25) is 0 Å². The normalized spacial score (nSPS) is 20.6. The molecule has 2 heteroatoms. The van der Waals surface area contributed by atoms with Crippen LogP contribution in [0, 0.1) is 11.3 Å². The Hall–Kier alpha value is -1.18. The molecule has 0 aliphatic carbocycles. The Morgan fingerprint density at radius 1 is 1.35 bits per heavy atom. The molecule has 1 aromatic carbocycles. The van der Waals surface area contributed by atoms with E-state index in [1.807, 2.05) is 6.07 Å². The lowest BCUT2D eigenvalue weighted by Crippen LogP contribution is -2.25. The zero-order chi connectivity index (χ0) is 12.6. The Morgan fingerprint density at radius 2 is 2.06 bits per heavy atom. The van der Waals surface area contributed by atoms with Gasteiger partial charge in [-0.1, -0.05) is 27.7 Å². The minimum Gasteiger partial charge on any atom is -0.497 e. The Kier molecular flexibility index (Phi) is 3.07. The molecule has 2 nitrogen and oxygen atoms in total. The van der Waals surface area contributed by atoms with Crippen LogP contribution in [0.15, 0.2) is 18.2 Å². The van der Waals surface area contributed by atoms with Gasteiger partial charge >= 0.3 is 0 Å². The number of methoxy groups -OCH3 is 1. The molecule has 0 saturated carbocycles. The first-order valence-corrected chi connectivity index (χ1v) is 6.35. The summed E-state index contributed by atoms with van der Waals surface area (Å²) in [5.41, 5.74) is 3.01. The van der Waals surface area contributed by atoms with E-state index >= 15 is 0 Å². The van der Waals surface area contributed by atoms with Crippen molar-refractivity contribution in [3.05, 3.63) is 23.8 Å². The molecular formula is C15H23NO. The van der Waals surface area contributed by atoms with Crippen LogP contribution < -0.4 is 10.1 Å². The lowest BCUT2D eigenvalue weighted by Gasteiger charge is -2.32. The zero-order valence-corrected chi connectivity index (χ0v) is 11.5. The van der Waals surface area contributed by atoms with Gasteiger partial charge in [0.1, 0.15) is 5.75 Å². The van der Waals surface area contributed by atoms with Gasteiger partial charge in [0.2, 0.25) is 0 Å². The third kappa shape index (κ3) is 2.26. The van der Waals surface area contributed by atoms with Crippen molar-refractivity contribution in [3.63, 3.8) is 0 Å². The summed E-state index contributed by atoms with van der Waals surface area (Å²) in [6, 6.07) is 6.34. The lowest BCUT2D eigenvalue weighted by molar-refractivity contribution is 0.228. The van der Waals surface area contributed by atoms with Crippen LogP contribution in [0.5, 0.6) is 5.75 Å². The van der Waals surface area contributed by atoms with Gasteiger partial charge in [0.05, 0.1) is 7.11 Å². The smallest absolute Gasteiger partial charge is 0.119 e. The van der Waals surface area contributed by atoms with Gasteiger partial charge in [-0.2, -0.15) is 0 Å². The summed E-state index contributed by atoms with van der Waals surface area (Å²) >= 11 is 0. The standard InChI is InChI=1S/C15H23NO/c1-10(15(2,3)4)13-9-16-14-7-6-11(17-5)8-12(13)14/h6-8,10,13,16H,9H2,1-5H3. The number of nitrogens with one attached hydrogen (secondary N) is 1. The molecule has 1 aliphatic heterocycles. The maximum atomic E-state index is 5.33. The minimum absolute atomic E-state index is 0.330. The molecule has 1 N–H and O–H groups in total. The maximum absolute atomic E-state index is 5.33. The van der Waals surface area contributed by atoms with Gasteiger partial charge in [-0.3, -0.25) is 0 Å². The Bertz CT molecular complexity index is 406. The summed E-state index contributed by atoms with van der Waals surface area (Å²) in [6.45, 7) is 10.3. The molecule has 2 atom stereocenters. The van der Waals surface area contributed by atoms with Gasteiger partial charge in [-0.25, -0.2) is 0 Å². The summed E-state index contributed by atoms with van der Waals surface area (Å²) in [5.74, 6) is 2.18. The largest absolute Gasteiger partial charge is 0.497 e. The fourth-order valence-electron chi connectivity index (χ4n) is 2.52. The van der Waals surface area contributed by atoms with Crippen molar-refractivity contribution in [1.82, 2.24) is 0 Å². The van der Waals surface area contributed by atoms with Crippen LogP contribution >= 0.6 is 0 Å². The highest BCUT2D eigenvalue weighted by atomic mass is 16.5. The molecule has 0 fully saturated rings. The van der Waals surface area contributed by atoms with Crippen molar-refractivity contribution in [2.75, 3.05) is 19.0 Å². The molecule has 1 aliphatic rings. The van der Waals surface area contributed by atoms with Crippen LogP contribution in [-0.4, -0.2) is 13.7 Å². The molecule has 1 aromatic rings. The predicted octanol–water partition coefficient (Wildman–Crippen LogP) is 3.89. The zero-order valence-electron chi connectivity index (χ0n) is 11.5. The number of rotatable bonds is 2. The average molecular weight is 233 g/mol. The Labute approximate surface area is 104 Å². The first kappa shape index (κ1) is 12.3. The van der Waals surface area contributed by atoms with E-state index in [2.05, 4.69) is 45.1 Å². The lowest BCUT2D eigenvalue weighted by atomic mass is 9.72. The monoisotopic (exact) mass is 233 g/mol. The SMILES string of the molecule is COc1ccc2c(c1)C(C(C)C(C)(C)C)CN2. The summed E-state index contributed by atoms with van der Waals surface area (Å²) in [5, 5.41) is 3.50. The van der Waals surface area contributed by atoms with E-state index < -0.39 is 0 Å². The van der Waals surface area contributed by atoms with Gasteiger partial charge in [0, 0.05) is 18.2 Å². The second-order valence-electron chi connectivity index (χ2n) is 6.10. The van der Waals surface area contributed by atoms with Gasteiger partial charge < -0.3 is 10.1 Å². The van der Waals surface area contributed by atoms with Crippen molar-refractivity contribution >= 4 is 5.69 Å². The number of benzene rings is 1. The third-order valence-electron chi connectivity index (χ3n) is 4.14. The topological polar surface area (TPSA) is 21.3 Å². The van der Waals surface area contributed by atoms with Crippen LogP contribution in [0.3, 0.4) is 0 Å². The van der Waals surface area contributed by atoms with Crippen molar-refractivity contribution in [2.45, 2.75) is 33.6 Å². The highest BCUT2D eigenvalue weighted by molar-refractivity contribution is 5.60. The molecule has 0 spiro atoms. The first-order valence-electron chi connectivity index (χ1n) is 6.35. The van der Waals surface area contributed by atoms with Crippen LogP contribution in [0.4, 0.5) is 5.69 Å². The van der Waals surface area contributed by atoms with E-state index in [-0.39, 0.29) is 0 Å². The van der Waals surface area contributed by atoms with E-state index in [1.165, 1.54) is 11.3 Å². The number of anilines is 1. The molecule has 2 rings (SSSR count). The van der Waals surface area contributed by atoms with Crippen molar-refractivity contribution < 1.29 is 4.74 Å². The van der Waals surface area contributed by atoms with Gasteiger partial charge in [-0.15, -0.1) is 0 Å². The second-order valence-corrected chi connectivity index (χ2v) is 6.10. The number of fused-ring (bicyclic) bond motifs is 1. The molecule has 0 amide bonds. The molecule has 0 aromatic heterocycles. The van der Waals surface area contributed by atoms with Gasteiger partial charge in [-0.05, 0) is 35.1 Å². The van der Waals surface area contributed by atoms with Crippen LogP contribution in [0.1, 0.15) is 39.2 Å². The van der Waals surface area contributed by atoms with Gasteiger partial charge in [0.15, 0.2) is 0 Å². The van der Waals surface area contributed by atoms with Crippen molar-refractivity contribution in [3.8, 4) is 5.75 Å². The van der Waals surface area contributed by atoms with Crippen molar-refractivity contribution in [2.24, 2.45) is 11.3 Å². The van der Waals surface area contributed by atoms with E-state index in [1.54, 1.807) is 7.11 Å². The number of hydrogen-bond donors (Lipinski definition) is 1.